The molecule has 0 aromatic heterocycles. The number of esters is 1. The minimum Gasteiger partial charge on any atom is -0.388 e. The first kappa shape index (κ1) is 23.1. The molecule has 3 N–H and O–H groups in total. The summed E-state index contributed by atoms with van der Waals surface area (Å²) in [5.41, 5.74) is -2.22. The van der Waals surface area contributed by atoms with Crippen LogP contribution in [0.4, 0.5) is 0 Å². The topological polar surface area (TPSA) is 121 Å². The molecule has 172 valence electrons. The van der Waals surface area contributed by atoms with Crippen molar-refractivity contribution in [3.63, 3.8) is 0 Å². The Bertz CT molecular complexity index is 840. The van der Waals surface area contributed by atoms with Crippen LogP contribution in [0, 0.1) is 28.6 Å². The van der Waals surface area contributed by atoms with Crippen molar-refractivity contribution in [1.29, 1.82) is 0 Å². The van der Waals surface area contributed by atoms with E-state index in [4.69, 9.17) is 4.74 Å². The van der Waals surface area contributed by atoms with Crippen molar-refractivity contribution < 1.29 is 34.4 Å². The van der Waals surface area contributed by atoms with E-state index in [1.807, 2.05) is 13.8 Å². The molecule has 31 heavy (non-hydrogen) atoms. The molecular weight excluding hydrogens is 467 g/mol. The predicted octanol–water partition coefficient (Wildman–Crippen LogP) is 0.622. The van der Waals surface area contributed by atoms with E-state index in [2.05, 4.69) is 16.0 Å². The van der Waals surface area contributed by atoms with Crippen LogP contribution in [0.5, 0.6) is 0 Å². The molecule has 3 fully saturated rings. The summed E-state index contributed by atoms with van der Waals surface area (Å²) in [6, 6.07) is 0. The maximum atomic E-state index is 12.5. The number of Topliss-reactive ketones (excluding diaryl/α,β-unsaturated/α-hetero) is 1. The molecule has 7 nitrogen and oxygen atoms in total. The molecule has 0 aromatic rings. The monoisotopic (exact) mass is 500 g/mol. The van der Waals surface area contributed by atoms with Crippen molar-refractivity contribution in [2.75, 3.05) is 6.61 Å². The van der Waals surface area contributed by atoms with Gasteiger partial charge in [0.25, 0.3) is 0 Å². The van der Waals surface area contributed by atoms with E-state index in [9.17, 15) is 29.7 Å². The van der Waals surface area contributed by atoms with E-state index in [-0.39, 0.29) is 54.1 Å². The van der Waals surface area contributed by atoms with E-state index in [1.165, 1.54) is 0 Å². The molecule has 1 unspecified atom stereocenters. The van der Waals surface area contributed by atoms with Gasteiger partial charge in [-0.3, -0.25) is 0 Å². The zero-order valence-corrected chi connectivity index (χ0v) is 19.9. The van der Waals surface area contributed by atoms with Gasteiger partial charge in [0.2, 0.25) is 0 Å². The van der Waals surface area contributed by atoms with Crippen LogP contribution in [0.15, 0.2) is 11.6 Å². The number of carbonyl (C=O) groups is 3. The van der Waals surface area contributed by atoms with E-state index >= 15 is 0 Å². The van der Waals surface area contributed by atoms with E-state index < -0.39 is 41.0 Å². The van der Waals surface area contributed by atoms with Crippen molar-refractivity contribution in [3.8, 4) is 0 Å². The first-order valence-corrected chi connectivity index (χ1v) is 12.4. The van der Waals surface area contributed by atoms with Crippen LogP contribution in [0.3, 0.4) is 0 Å². The molecular formula is C23H32O7Se. The number of aliphatic hydroxyl groups is 3. The number of carbonyl (C=O) groups excluding carboxylic acids is 3. The number of aliphatic hydroxyl groups excluding tert-OH is 2. The van der Waals surface area contributed by atoms with Crippen LogP contribution in [0.1, 0.15) is 52.4 Å². The van der Waals surface area contributed by atoms with Gasteiger partial charge in [0.15, 0.2) is 0 Å². The zero-order valence-electron chi connectivity index (χ0n) is 18.0. The maximum absolute atomic E-state index is 12.5. The average molecular weight is 499 g/mol. The Labute approximate surface area is 190 Å². The molecule has 0 aromatic carbocycles. The SMILES string of the molecule is C[C@]12C[C@H](O)[C@H]3[C@@H](CCC4=CC(=O)CC(OC(=O)C[SeH])[C@@]43C)[C@@H]1CC[C@]2(O)C(=O)CO. The minimum absolute atomic E-state index is 0.00315. The van der Waals surface area contributed by atoms with Crippen LogP contribution in [-0.2, 0) is 19.1 Å². The second-order valence-corrected chi connectivity index (χ2v) is 10.9. The molecule has 0 spiro atoms. The van der Waals surface area contributed by atoms with E-state index in [0.717, 1.165) is 12.0 Å². The fourth-order valence-electron chi connectivity index (χ4n) is 7.66. The first-order valence-electron chi connectivity index (χ1n) is 11.1. The van der Waals surface area contributed by atoms with Gasteiger partial charge in [0.05, 0.1) is 0 Å². The molecule has 0 saturated heterocycles. The standard InChI is InChI=1S/C23H32O7Se/c1-21-9-16(26)20-14(15(21)5-6-23(21,29)17(27)10-24)4-3-12-7-13(25)8-18(22(12,20)2)30-19(28)11-31/h7,14-16,18,20,24,26,29,31H,3-6,8-11H2,1-2H3/t14-,15-,16-,18?,20+,21-,22+,23-/m0/s1. The summed E-state index contributed by atoms with van der Waals surface area (Å²) in [6.07, 6.45) is 2.84. The predicted molar refractivity (Wildman–Crippen MR) is 112 cm³/mol. The Morgan fingerprint density at radius 1 is 1.29 bits per heavy atom. The molecule has 3 saturated carbocycles. The first-order chi connectivity index (χ1) is 14.5. The van der Waals surface area contributed by atoms with Gasteiger partial charge in [-0.25, -0.2) is 0 Å². The summed E-state index contributed by atoms with van der Waals surface area (Å²) in [7, 11) is 0. The Morgan fingerprint density at radius 3 is 2.65 bits per heavy atom. The number of rotatable bonds is 4. The summed E-state index contributed by atoms with van der Waals surface area (Å²) in [4.78, 5) is 37.0. The van der Waals surface area contributed by atoms with E-state index in [0.29, 0.717) is 12.8 Å². The van der Waals surface area contributed by atoms with Crippen LogP contribution in [0.2, 0.25) is 5.32 Å². The van der Waals surface area contributed by atoms with Gasteiger partial charge < -0.3 is 5.11 Å². The number of ether oxygens (including phenoxy) is 1. The third kappa shape index (κ3) is 3.13. The van der Waals surface area contributed by atoms with E-state index in [1.54, 1.807) is 6.08 Å². The number of hydrogen-bond donors (Lipinski definition) is 3. The van der Waals surface area contributed by atoms with Crippen LogP contribution < -0.4 is 0 Å². The fraction of sp³-hybridized carbons (Fsp3) is 0.783. The van der Waals surface area contributed by atoms with Gasteiger partial charge >= 0.3 is 185 Å². The van der Waals surface area contributed by atoms with Crippen LogP contribution in [0.25, 0.3) is 0 Å². The zero-order chi connectivity index (χ0) is 22.8. The molecule has 4 aliphatic carbocycles. The molecule has 0 aliphatic heterocycles. The summed E-state index contributed by atoms with van der Waals surface area (Å²) in [6.45, 7) is 3.14. The molecule has 0 amide bonds. The third-order valence-electron chi connectivity index (χ3n) is 9.14. The van der Waals surface area contributed by atoms with Crippen LogP contribution in [-0.4, -0.2) is 73.3 Å². The van der Waals surface area contributed by atoms with Gasteiger partial charge in [-0.1, -0.05) is 0 Å². The van der Waals surface area contributed by atoms with Crippen molar-refractivity contribution in [2.45, 2.75) is 75.5 Å². The Morgan fingerprint density at radius 2 is 2.00 bits per heavy atom. The van der Waals surface area contributed by atoms with Gasteiger partial charge in [-0.15, -0.1) is 0 Å². The second kappa shape index (κ2) is 7.77. The number of hydrogen-bond acceptors (Lipinski definition) is 7. The number of ketones is 2. The normalized spacial score (nSPS) is 46.5. The average Bonchev–Trinajstić information content (AvgIpc) is 2.99. The molecule has 8 atom stereocenters. The van der Waals surface area contributed by atoms with Crippen molar-refractivity contribution in [2.24, 2.45) is 28.6 Å². The fourth-order valence-corrected chi connectivity index (χ4v) is 7.81. The summed E-state index contributed by atoms with van der Waals surface area (Å²) >= 11 is 2.18. The molecule has 0 radical (unpaired) electrons. The third-order valence-corrected chi connectivity index (χ3v) is 9.68. The van der Waals surface area contributed by atoms with Crippen LogP contribution >= 0.6 is 0 Å². The quantitative estimate of drug-likeness (QED) is 0.383. The summed E-state index contributed by atoms with van der Waals surface area (Å²) < 4.78 is 5.75. The smallest absolute Gasteiger partial charge is 0.388 e. The summed E-state index contributed by atoms with van der Waals surface area (Å²) in [5, 5.41) is 32.4. The molecule has 0 bridgehead atoms. The van der Waals surface area contributed by atoms with Crippen molar-refractivity contribution in [3.05, 3.63) is 11.6 Å². The summed E-state index contributed by atoms with van der Waals surface area (Å²) in [5.74, 6) is -1.26. The Kier molecular flexibility index (Phi) is 5.79. The molecule has 0 heterocycles. The molecule has 8 heteroatoms. The van der Waals surface area contributed by atoms with Gasteiger partial charge in [-0.05, 0) is 0 Å². The van der Waals surface area contributed by atoms with Gasteiger partial charge in [0, 0.05) is 0 Å². The Balaban J connectivity index is 1.75. The molecule has 4 rings (SSSR count). The second-order valence-electron chi connectivity index (χ2n) is 10.3. The van der Waals surface area contributed by atoms with Gasteiger partial charge in [-0.2, -0.15) is 0 Å². The Hall–Kier alpha value is -1.05. The van der Waals surface area contributed by atoms with Gasteiger partial charge in [0.1, 0.15) is 0 Å². The minimum atomic E-state index is -1.65. The van der Waals surface area contributed by atoms with Crippen molar-refractivity contribution in [1.82, 2.24) is 0 Å². The molecule has 4 aliphatic rings. The number of fused-ring (bicyclic) bond motifs is 5. The van der Waals surface area contributed by atoms with Crippen molar-refractivity contribution >= 4 is 33.5 Å².